The van der Waals surface area contributed by atoms with Crippen molar-refractivity contribution in [1.82, 2.24) is 14.5 Å². The Labute approximate surface area is 128 Å². The number of nitrogens with zero attached hydrogens (tertiary/aromatic N) is 3. The van der Waals surface area contributed by atoms with Crippen molar-refractivity contribution in [2.45, 2.75) is 39.0 Å². The van der Waals surface area contributed by atoms with E-state index in [1.165, 1.54) is 0 Å². The number of aromatic nitrogens is 3. The van der Waals surface area contributed by atoms with Crippen molar-refractivity contribution in [2.75, 3.05) is 5.73 Å². The number of aliphatic hydroxyl groups excluding tert-OH is 1. The van der Waals surface area contributed by atoms with Crippen molar-refractivity contribution in [1.29, 1.82) is 0 Å². The molecule has 0 amide bonds. The molecule has 0 aliphatic rings. The number of imidazole rings is 1. The summed E-state index contributed by atoms with van der Waals surface area (Å²) >= 11 is 0. The fourth-order valence-electron chi connectivity index (χ4n) is 2.65. The van der Waals surface area contributed by atoms with Crippen molar-refractivity contribution in [3.05, 3.63) is 30.1 Å². The molecule has 3 rings (SSSR count). The van der Waals surface area contributed by atoms with Crippen LogP contribution in [0.15, 0.2) is 24.3 Å². The molecular formula is C16H20N4O2. The smallest absolute Gasteiger partial charge is 0.152 e. The zero-order valence-corrected chi connectivity index (χ0v) is 12.7. The van der Waals surface area contributed by atoms with Crippen LogP contribution in [0.2, 0.25) is 0 Å². The van der Waals surface area contributed by atoms with Gasteiger partial charge in [-0.2, -0.15) is 0 Å². The zero-order chi connectivity index (χ0) is 15.9. The largest absolute Gasteiger partial charge is 0.388 e. The van der Waals surface area contributed by atoms with E-state index in [1.807, 2.05) is 35.8 Å². The molecule has 6 nitrogen and oxygen atoms in total. The molecular weight excluding hydrogens is 280 g/mol. The van der Waals surface area contributed by atoms with Gasteiger partial charge in [0.25, 0.3) is 0 Å². The van der Waals surface area contributed by atoms with Gasteiger partial charge in [-0.25, -0.2) is 9.97 Å². The highest BCUT2D eigenvalue weighted by atomic mass is 16.3. The van der Waals surface area contributed by atoms with Crippen molar-refractivity contribution in [3.8, 4) is 0 Å². The highest BCUT2D eigenvalue weighted by molar-refractivity contribution is 6.06. The summed E-state index contributed by atoms with van der Waals surface area (Å²) in [4.78, 5) is 8.78. The van der Waals surface area contributed by atoms with Crippen LogP contribution in [0.3, 0.4) is 0 Å². The Balaban J connectivity index is 2.38. The lowest BCUT2D eigenvalue weighted by atomic mass is 10.0. The molecule has 0 fully saturated rings. The van der Waals surface area contributed by atoms with Gasteiger partial charge in [-0.15, -0.1) is 0 Å². The lowest BCUT2D eigenvalue weighted by Gasteiger charge is -2.23. The maximum atomic E-state index is 10.4. The molecule has 6 heteroatoms. The zero-order valence-electron chi connectivity index (χ0n) is 12.7. The SMILES string of the molecule is CCC(C)(O)Cn1c(CO)nc2c(N)nc3ccccc3c21. The molecule has 4 N–H and O–H groups in total. The third-order valence-electron chi connectivity index (χ3n) is 4.09. The standard InChI is InChI=1S/C16H20N4O2/c1-3-16(2,22)9-20-12(8-21)19-13-14(20)10-6-4-5-7-11(10)18-15(13)17/h4-7,21-22H,3,8-9H2,1-2H3,(H2,17,18). The van der Waals surface area contributed by atoms with Gasteiger partial charge in [0.15, 0.2) is 5.82 Å². The number of hydrogen-bond acceptors (Lipinski definition) is 5. The van der Waals surface area contributed by atoms with Crippen LogP contribution in [0.25, 0.3) is 21.9 Å². The Morgan fingerprint density at radius 1 is 1.27 bits per heavy atom. The summed E-state index contributed by atoms with van der Waals surface area (Å²) in [5, 5.41) is 21.0. The average molecular weight is 300 g/mol. The van der Waals surface area contributed by atoms with Gasteiger partial charge < -0.3 is 20.5 Å². The molecule has 0 bridgehead atoms. The van der Waals surface area contributed by atoms with Crippen LogP contribution in [-0.4, -0.2) is 30.3 Å². The van der Waals surface area contributed by atoms with E-state index in [4.69, 9.17) is 5.73 Å². The van der Waals surface area contributed by atoms with E-state index in [-0.39, 0.29) is 6.61 Å². The summed E-state index contributed by atoms with van der Waals surface area (Å²) in [5.74, 6) is 0.812. The summed E-state index contributed by atoms with van der Waals surface area (Å²) in [6, 6.07) is 7.66. The number of benzene rings is 1. The Morgan fingerprint density at radius 3 is 2.68 bits per heavy atom. The number of hydrogen-bond donors (Lipinski definition) is 3. The van der Waals surface area contributed by atoms with Crippen LogP contribution in [0.1, 0.15) is 26.1 Å². The third-order valence-corrected chi connectivity index (χ3v) is 4.09. The number of anilines is 1. The summed E-state index contributed by atoms with van der Waals surface area (Å²) in [6.07, 6.45) is 0.593. The van der Waals surface area contributed by atoms with Crippen LogP contribution < -0.4 is 5.73 Å². The Hall–Kier alpha value is -2.18. The summed E-state index contributed by atoms with van der Waals surface area (Å²) in [7, 11) is 0. The molecule has 0 radical (unpaired) electrons. The van der Waals surface area contributed by atoms with Gasteiger partial charge in [-0.1, -0.05) is 25.1 Å². The predicted octanol–water partition coefficient (Wildman–Crippen LogP) is 1.82. The Bertz CT molecular complexity index is 839. The second-order valence-electron chi connectivity index (χ2n) is 5.83. The first-order valence-electron chi connectivity index (χ1n) is 7.33. The molecule has 0 aliphatic heterocycles. The summed E-state index contributed by atoms with van der Waals surface area (Å²) in [5.41, 5.74) is 7.28. The topological polar surface area (TPSA) is 97.2 Å². The molecule has 2 aromatic heterocycles. The number of fused-ring (bicyclic) bond motifs is 3. The first-order chi connectivity index (χ1) is 10.5. The molecule has 1 aromatic carbocycles. The number of pyridine rings is 1. The van der Waals surface area contributed by atoms with Crippen molar-refractivity contribution in [3.63, 3.8) is 0 Å². The minimum atomic E-state index is -0.892. The van der Waals surface area contributed by atoms with Gasteiger partial charge >= 0.3 is 0 Å². The van der Waals surface area contributed by atoms with Crippen LogP contribution in [0.5, 0.6) is 0 Å². The molecule has 1 atom stereocenters. The van der Waals surface area contributed by atoms with Gasteiger partial charge in [0.2, 0.25) is 0 Å². The third kappa shape index (κ3) is 2.30. The molecule has 22 heavy (non-hydrogen) atoms. The lowest BCUT2D eigenvalue weighted by molar-refractivity contribution is 0.0374. The van der Waals surface area contributed by atoms with E-state index >= 15 is 0 Å². The second kappa shape index (κ2) is 5.23. The highest BCUT2D eigenvalue weighted by Gasteiger charge is 2.24. The minimum Gasteiger partial charge on any atom is -0.388 e. The fourth-order valence-corrected chi connectivity index (χ4v) is 2.65. The van der Waals surface area contributed by atoms with E-state index in [2.05, 4.69) is 9.97 Å². The average Bonchev–Trinajstić information content (AvgIpc) is 2.86. The van der Waals surface area contributed by atoms with E-state index in [0.717, 1.165) is 16.4 Å². The van der Waals surface area contributed by atoms with Crippen molar-refractivity contribution >= 4 is 27.8 Å². The van der Waals surface area contributed by atoms with Crippen molar-refractivity contribution < 1.29 is 10.2 Å². The molecule has 0 saturated heterocycles. The number of rotatable bonds is 4. The minimum absolute atomic E-state index is 0.220. The first kappa shape index (κ1) is 14.7. The molecule has 0 aliphatic carbocycles. The molecule has 2 heterocycles. The molecule has 3 aromatic rings. The van der Waals surface area contributed by atoms with E-state index in [0.29, 0.717) is 30.1 Å². The summed E-state index contributed by atoms with van der Waals surface area (Å²) < 4.78 is 1.85. The number of para-hydroxylation sites is 1. The van der Waals surface area contributed by atoms with Crippen LogP contribution >= 0.6 is 0 Å². The fraction of sp³-hybridized carbons (Fsp3) is 0.375. The van der Waals surface area contributed by atoms with Gasteiger partial charge in [-0.05, 0) is 19.4 Å². The molecule has 0 spiro atoms. The summed E-state index contributed by atoms with van der Waals surface area (Å²) in [6.45, 7) is 3.81. The Kier molecular flexibility index (Phi) is 3.50. The number of aliphatic hydroxyl groups is 2. The second-order valence-corrected chi connectivity index (χ2v) is 5.83. The maximum Gasteiger partial charge on any atom is 0.152 e. The van der Waals surface area contributed by atoms with E-state index < -0.39 is 5.60 Å². The lowest BCUT2D eigenvalue weighted by Crippen LogP contribution is -2.30. The highest BCUT2D eigenvalue weighted by Crippen LogP contribution is 2.30. The molecule has 0 saturated carbocycles. The predicted molar refractivity (Wildman–Crippen MR) is 86.3 cm³/mol. The normalized spacial score (nSPS) is 14.5. The molecule has 116 valence electrons. The first-order valence-corrected chi connectivity index (χ1v) is 7.33. The van der Waals surface area contributed by atoms with Gasteiger partial charge in [0, 0.05) is 5.39 Å². The van der Waals surface area contributed by atoms with Gasteiger partial charge in [0.05, 0.1) is 23.2 Å². The van der Waals surface area contributed by atoms with Gasteiger partial charge in [-0.3, -0.25) is 0 Å². The van der Waals surface area contributed by atoms with E-state index in [9.17, 15) is 10.2 Å². The van der Waals surface area contributed by atoms with E-state index in [1.54, 1.807) is 6.92 Å². The molecule has 1 unspecified atom stereocenters. The van der Waals surface area contributed by atoms with Crippen LogP contribution in [0.4, 0.5) is 5.82 Å². The number of nitrogens with two attached hydrogens (primary N) is 1. The van der Waals surface area contributed by atoms with Crippen molar-refractivity contribution in [2.24, 2.45) is 0 Å². The van der Waals surface area contributed by atoms with Gasteiger partial charge in [0.1, 0.15) is 17.9 Å². The maximum absolute atomic E-state index is 10.4. The Morgan fingerprint density at radius 2 is 2.00 bits per heavy atom. The quantitative estimate of drug-likeness (QED) is 0.683. The number of nitrogen functional groups attached to an aromatic ring is 1. The monoisotopic (exact) mass is 300 g/mol. The van der Waals surface area contributed by atoms with Crippen LogP contribution in [0, 0.1) is 0 Å². The van der Waals surface area contributed by atoms with Crippen LogP contribution in [-0.2, 0) is 13.2 Å².